The van der Waals surface area contributed by atoms with Gasteiger partial charge < -0.3 is 0 Å². The van der Waals surface area contributed by atoms with E-state index >= 15 is 0 Å². The van der Waals surface area contributed by atoms with Crippen molar-refractivity contribution in [3.8, 4) is 0 Å². The number of halogens is 5. The van der Waals surface area contributed by atoms with Crippen LogP contribution >= 0.6 is 31.9 Å². The lowest BCUT2D eigenvalue weighted by Crippen LogP contribution is -2.10. The van der Waals surface area contributed by atoms with Crippen LogP contribution in [0.25, 0.3) is 0 Å². The first kappa shape index (κ1) is 15.0. The Bertz CT molecular complexity index is 388. The van der Waals surface area contributed by atoms with E-state index < -0.39 is 11.7 Å². The zero-order valence-corrected chi connectivity index (χ0v) is 12.7. The Balaban J connectivity index is 3.06. The molecule has 0 aliphatic carbocycles. The Morgan fingerprint density at radius 1 is 1.29 bits per heavy atom. The minimum Gasteiger partial charge on any atom is -0.166 e. The van der Waals surface area contributed by atoms with Gasteiger partial charge in [-0.25, -0.2) is 0 Å². The molecule has 1 aromatic carbocycles. The predicted molar refractivity (Wildman–Crippen MR) is 70.6 cm³/mol. The Hall–Kier alpha value is -0.0300. The summed E-state index contributed by atoms with van der Waals surface area (Å²) in [5, 5.41) is 0. The minimum absolute atomic E-state index is 0.164. The smallest absolute Gasteiger partial charge is 0.166 e. The molecule has 17 heavy (non-hydrogen) atoms. The fourth-order valence-corrected chi connectivity index (χ4v) is 2.65. The standard InChI is InChI=1S/C12H13Br2F3/c1-3-10(13)7(2)9-5-4-8(6-11(9)14)12(15,16)17/h4-7,10H,3H2,1-2H3. The van der Waals surface area contributed by atoms with Crippen molar-refractivity contribution in [3.63, 3.8) is 0 Å². The van der Waals surface area contributed by atoms with E-state index in [1.54, 1.807) is 6.07 Å². The normalized spacial score (nSPS) is 15.7. The second kappa shape index (κ2) is 5.74. The lowest BCUT2D eigenvalue weighted by molar-refractivity contribution is -0.137. The van der Waals surface area contributed by atoms with Crippen molar-refractivity contribution in [3.05, 3.63) is 33.8 Å². The Morgan fingerprint density at radius 3 is 2.29 bits per heavy atom. The van der Waals surface area contributed by atoms with Crippen LogP contribution in [0.2, 0.25) is 0 Å². The summed E-state index contributed by atoms with van der Waals surface area (Å²) in [6.45, 7) is 4.03. The number of hydrogen-bond acceptors (Lipinski definition) is 0. The summed E-state index contributed by atoms with van der Waals surface area (Å²) in [5.74, 6) is 0.164. The highest BCUT2D eigenvalue weighted by molar-refractivity contribution is 9.10. The number of hydrogen-bond donors (Lipinski definition) is 0. The number of benzene rings is 1. The molecule has 0 N–H and O–H groups in total. The highest BCUT2D eigenvalue weighted by atomic mass is 79.9. The molecule has 0 nitrogen and oxygen atoms in total. The molecule has 5 heteroatoms. The SMILES string of the molecule is CCC(Br)C(C)c1ccc(C(F)(F)F)cc1Br. The van der Waals surface area contributed by atoms with Gasteiger partial charge in [0.2, 0.25) is 0 Å². The van der Waals surface area contributed by atoms with E-state index in [9.17, 15) is 13.2 Å². The van der Waals surface area contributed by atoms with E-state index in [-0.39, 0.29) is 10.7 Å². The number of alkyl halides is 4. The van der Waals surface area contributed by atoms with E-state index in [1.165, 1.54) is 0 Å². The maximum absolute atomic E-state index is 12.5. The predicted octanol–water partition coefficient (Wildman–Crippen LogP) is 5.74. The molecule has 0 heterocycles. The van der Waals surface area contributed by atoms with Crippen LogP contribution in [0.1, 0.15) is 37.3 Å². The van der Waals surface area contributed by atoms with Gasteiger partial charge >= 0.3 is 6.18 Å². The third-order valence-electron chi connectivity index (χ3n) is 2.75. The molecule has 0 aliphatic rings. The van der Waals surface area contributed by atoms with Gasteiger partial charge in [-0.3, -0.25) is 0 Å². The Labute approximate surface area is 116 Å². The highest BCUT2D eigenvalue weighted by Crippen LogP contribution is 2.36. The van der Waals surface area contributed by atoms with Gasteiger partial charge in [0.05, 0.1) is 5.56 Å². The molecule has 0 radical (unpaired) electrons. The van der Waals surface area contributed by atoms with Gasteiger partial charge in [0.1, 0.15) is 0 Å². The van der Waals surface area contributed by atoms with Crippen molar-refractivity contribution < 1.29 is 13.2 Å². The third kappa shape index (κ3) is 3.71. The zero-order valence-electron chi connectivity index (χ0n) is 9.48. The third-order valence-corrected chi connectivity index (χ3v) is 4.88. The van der Waals surface area contributed by atoms with Gasteiger partial charge in [-0.2, -0.15) is 13.2 Å². The summed E-state index contributed by atoms with van der Waals surface area (Å²) in [7, 11) is 0. The molecular weight excluding hydrogens is 361 g/mol. The largest absolute Gasteiger partial charge is 0.416 e. The van der Waals surface area contributed by atoms with Crippen LogP contribution in [0, 0.1) is 0 Å². The lowest BCUT2D eigenvalue weighted by atomic mass is 9.95. The molecule has 0 amide bonds. The molecule has 2 atom stereocenters. The monoisotopic (exact) mass is 372 g/mol. The van der Waals surface area contributed by atoms with Crippen LogP contribution < -0.4 is 0 Å². The summed E-state index contributed by atoms with van der Waals surface area (Å²) < 4.78 is 38.0. The topological polar surface area (TPSA) is 0 Å². The van der Waals surface area contributed by atoms with E-state index in [2.05, 4.69) is 31.9 Å². The molecule has 1 rings (SSSR count). The molecule has 0 bridgehead atoms. The molecule has 0 aromatic heterocycles. The first-order chi connectivity index (χ1) is 7.77. The van der Waals surface area contributed by atoms with Gasteiger partial charge in [-0.15, -0.1) is 0 Å². The summed E-state index contributed by atoms with van der Waals surface area (Å²) in [5.41, 5.74) is 0.268. The Morgan fingerprint density at radius 2 is 1.88 bits per heavy atom. The van der Waals surface area contributed by atoms with E-state index in [0.29, 0.717) is 4.47 Å². The Kier molecular flexibility index (Phi) is 5.07. The van der Waals surface area contributed by atoms with Crippen LogP contribution in [0.5, 0.6) is 0 Å². The highest BCUT2D eigenvalue weighted by Gasteiger charge is 2.31. The van der Waals surface area contributed by atoms with E-state index in [0.717, 1.165) is 24.1 Å². The molecular formula is C12H13Br2F3. The van der Waals surface area contributed by atoms with Gasteiger partial charge in [0.15, 0.2) is 0 Å². The lowest BCUT2D eigenvalue weighted by Gasteiger charge is -2.19. The maximum atomic E-state index is 12.5. The molecule has 0 saturated carbocycles. The van der Waals surface area contributed by atoms with E-state index in [4.69, 9.17) is 0 Å². The van der Waals surface area contributed by atoms with Crippen molar-refractivity contribution in [2.24, 2.45) is 0 Å². The van der Waals surface area contributed by atoms with Gasteiger partial charge in [0.25, 0.3) is 0 Å². The number of rotatable bonds is 3. The fraction of sp³-hybridized carbons (Fsp3) is 0.500. The van der Waals surface area contributed by atoms with Gasteiger partial charge in [-0.05, 0) is 30.0 Å². The maximum Gasteiger partial charge on any atom is 0.416 e. The second-order valence-corrected chi connectivity index (χ2v) is 5.98. The van der Waals surface area contributed by atoms with Crippen LogP contribution in [-0.4, -0.2) is 4.83 Å². The van der Waals surface area contributed by atoms with Crippen molar-refractivity contribution >= 4 is 31.9 Å². The quantitative estimate of drug-likeness (QED) is 0.592. The summed E-state index contributed by atoms with van der Waals surface area (Å²) in [6, 6.07) is 3.81. The van der Waals surface area contributed by atoms with Gasteiger partial charge in [0, 0.05) is 9.30 Å². The molecule has 0 spiro atoms. The second-order valence-electron chi connectivity index (χ2n) is 3.95. The molecule has 0 saturated heterocycles. The minimum atomic E-state index is -4.29. The molecule has 96 valence electrons. The zero-order chi connectivity index (χ0) is 13.2. The van der Waals surface area contributed by atoms with Crippen molar-refractivity contribution in [1.29, 1.82) is 0 Å². The first-order valence-electron chi connectivity index (χ1n) is 5.28. The van der Waals surface area contributed by atoms with Crippen LogP contribution in [-0.2, 0) is 6.18 Å². The first-order valence-corrected chi connectivity index (χ1v) is 6.99. The summed E-state index contributed by atoms with van der Waals surface area (Å²) in [6.07, 6.45) is -3.36. The van der Waals surface area contributed by atoms with Gasteiger partial charge in [-0.1, -0.05) is 51.8 Å². The molecule has 0 aliphatic heterocycles. The molecule has 1 aromatic rings. The average molecular weight is 374 g/mol. The fourth-order valence-electron chi connectivity index (χ4n) is 1.62. The molecule has 2 unspecified atom stereocenters. The molecule has 0 fully saturated rings. The van der Waals surface area contributed by atoms with Crippen molar-refractivity contribution in [2.75, 3.05) is 0 Å². The van der Waals surface area contributed by atoms with E-state index in [1.807, 2.05) is 13.8 Å². The summed E-state index contributed by atoms with van der Waals surface area (Å²) >= 11 is 6.74. The van der Waals surface area contributed by atoms with Crippen molar-refractivity contribution in [2.45, 2.75) is 37.2 Å². The average Bonchev–Trinajstić information content (AvgIpc) is 2.25. The van der Waals surface area contributed by atoms with Crippen LogP contribution in [0.3, 0.4) is 0 Å². The van der Waals surface area contributed by atoms with Crippen molar-refractivity contribution in [1.82, 2.24) is 0 Å². The summed E-state index contributed by atoms with van der Waals surface area (Å²) in [4.78, 5) is 0.260. The van der Waals surface area contributed by atoms with Crippen LogP contribution in [0.4, 0.5) is 13.2 Å². The van der Waals surface area contributed by atoms with Crippen LogP contribution in [0.15, 0.2) is 22.7 Å².